The highest BCUT2D eigenvalue weighted by Gasteiger charge is 2.25. The molecule has 0 bridgehead atoms. The number of aliphatic carboxylic acids is 2. The van der Waals surface area contributed by atoms with E-state index in [-0.39, 0.29) is 23.9 Å². The molecule has 2 N–H and O–H groups in total. The fraction of sp³-hybridized carbons (Fsp3) is 0.615. The van der Waals surface area contributed by atoms with E-state index in [1.165, 1.54) is 18.2 Å². The van der Waals surface area contributed by atoms with Crippen LogP contribution in [0.1, 0.15) is 19.8 Å². The fourth-order valence-electron chi connectivity index (χ4n) is 1.39. The van der Waals surface area contributed by atoms with Crippen LogP contribution in [-0.4, -0.2) is 63.8 Å². The zero-order valence-corrected chi connectivity index (χ0v) is 13.1. The molecule has 0 aromatic heterocycles. The Labute approximate surface area is 127 Å². The maximum atomic E-state index is 11.5. The second kappa shape index (κ2) is 9.38. The molecule has 0 heterocycles. The summed E-state index contributed by atoms with van der Waals surface area (Å²) in [5, 5.41) is 16.5. The van der Waals surface area contributed by atoms with Crippen LogP contribution in [0.2, 0.25) is 0 Å². The van der Waals surface area contributed by atoms with Crippen molar-refractivity contribution >= 4 is 35.4 Å². The number of hydrogen-bond acceptors (Lipinski definition) is 5. The lowest BCUT2D eigenvalue weighted by Crippen LogP contribution is -2.26. The molecule has 0 rings (SSSR count). The van der Waals surface area contributed by atoms with Gasteiger partial charge in [0.15, 0.2) is 0 Å². The van der Waals surface area contributed by atoms with E-state index in [0.29, 0.717) is 0 Å². The molecule has 0 saturated heterocycles. The van der Waals surface area contributed by atoms with Crippen LogP contribution in [0, 0.1) is 12.3 Å². The summed E-state index contributed by atoms with van der Waals surface area (Å²) in [7, 11) is 3.17. The third-order valence-electron chi connectivity index (χ3n) is 2.73. The van der Waals surface area contributed by atoms with Gasteiger partial charge in [-0.15, -0.1) is 11.8 Å². The van der Waals surface area contributed by atoms with Gasteiger partial charge in [0.1, 0.15) is 11.0 Å². The molecule has 0 aliphatic rings. The number of carbonyl (C=O) groups is 4. The van der Waals surface area contributed by atoms with Gasteiger partial charge in [0.2, 0.25) is 5.91 Å². The molecule has 0 aromatic rings. The van der Waals surface area contributed by atoms with Crippen molar-refractivity contribution in [3.05, 3.63) is 6.42 Å². The zero-order chi connectivity index (χ0) is 16.6. The summed E-state index contributed by atoms with van der Waals surface area (Å²) in [5.41, 5.74) is 0. The quantitative estimate of drug-likeness (QED) is 0.604. The number of Topliss-reactive ketones (excluding diaryl/α,β-unsaturated/α-hetero) is 1. The average Bonchev–Trinajstić information content (AvgIpc) is 2.35. The lowest BCUT2D eigenvalue weighted by Gasteiger charge is -2.17. The van der Waals surface area contributed by atoms with Gasteiger partial charge in [-0.25, -0.2) is 0 Å². The first-order valence-corrected chi connectivity index (χ1v) is 7.31. The molecule has 1 radical (unpaired) electrons. The number of amides is 1. The molecule has 8 heteroatoms. The minimum Gasteiger partial charge on any atom is -0.481 e. The Balaban J connectivity index is 4.49. The Morgan fingerprint density at radius 1 is 1.19 bits per heavy atom. The number of nitrogens with zero attached hydrogens (tertiary/aromatic N) is 1. The van der Waals surface area contributed by atoms with Crippen LogP contribution in [0.15, 0.2) is 0 Å². The standard InChI is InChI=1S/C13H20NO6S/c1-8(15)9(4-5-11(16)14(2)3)7-21-10(13(19)20)6-12(17)18/h5,9-10H,4,6-7H2,1-3H3,(H,17,18)(H,19,20). The van der Waals surface area contributed by atoms with Gasteiger partial charge in [0, 0.05) is 25.8 Å². The Morgan fingerprint density at radius 2 is 1.76 bits per heavy atom. The SMILES string of the molecule is CC(=O)C(C[CH]C(=O)N(C)C)CSC(CC(=O)O)C(=O)O. The largest absolute Gasteiger partial charge is 0.481 e. The van der Waals surface area contributed by atoms with Gasteiger partial charge in [-0.2, -0.15) is 0 Å². The number of carboxylic acid groups (broad SMARTS) is 2. The van der Waals surface area contributed by atoms with Gasteiger partial charge in [-0.3, -0.25) is 19.2 Å². The second-order valence-electron chi connectivity index (χ2n) is 4.74. The smallest absolute Gasteiger partial charge is 0.317 e. The van der Waals surface area contributed by atoms with Crippen molar-refractivity contribution in [2.24, 2.45) is 5.92 Å². The first-order valence-electron chi connectivity index (χ1n) is 6.26. The van der Waals surface area contributed by atoms with E-state index in [0.717, 1.165) is 11.8 Å². The summed E-state index contributed by atoms with van der Waals surface area (Å²) in [6.45, 7) is 1.37. The lowest BCUT2D eigenvalue weighted by atomic mass is 10.0. The number of hydrogen-bond donors (Lipinski definition) is 2. The van der Waals surface area contributed by atoms with Crippen LogP contribution in [0.4, 0.5) is 0 Å². The molecule has 0 fully saturated rings. The zero-order valence-electron chi connectivity index (χ0n) is 12.2. The fourth-order valence-corrected chi connectivity index (χ4v) is 2.62. The Hall–Kier alpha value is -1.57. The third kappa shape index (κ3) is 8.34. The van der Waals surface area contributed by atoms with Crippen LogP contribution < -0.4 is 0 Å². The Bertz CT molecular complexity index is 409. The van der Waals surface area contributed by atoms with Crippen LogP contribution >= 0.6 is 11.8 Å². The molecule has 1 amide bonds. The number of rotatable bonds is 10. The number of carbonyl (C=O) groups excluding carboxylic acids is 2. The monoisotopic (exact) mass is 318 g/mol. The van der Waals surface area contributed by atoms with Crippen molar-refractivity contribution < 1.29 is 29.4 Å². The molecule has 7 nitrogen and oxygen atoms in total. The average molecular weight is 318 g/mol. The van der Waals surface area contributed by atoms with Crippen LogP contribution in [0.3, 0.4) is 0 Å². The minimum atomic E-state index is -1.22. The van der Waals surface area contributed by atoms with Gasteiger partial charge in [0.25, 0.3) is 0 Å². The molecule has 0 spiro atoms. The Kier molecular flexibility index (Phi) is 8.68. The summed E-state index contributed by atoms with van der Waals surface area (Å²) in [6, 6.07) is 0. The van der Waals surface area contributed by atoms with Crippen molar-refractivity contribution in [2.75, 3.05) is 19.8 Å². The minimum absolute atomic E-state index is 0.162. The molecule has 21 heavy (non-hydrogen) atoms. The van der Waals surface area contributed by atoms with E-state index in [2.05, 4.69) is 0 Å². The summed E-state index contributed by atoms with van der Waals surface area (Å²) in [4.78, 5) is 45.8. The van der Waals surface area contributed by atoms with Gasteiger partial charge >= 0.3 is 11.9 Å². The summed E-state index contributed by atoms with van der Waals surface area (Å²) in [6.07, 6.45) is 1.07. The molecule has 0 saturated carbocycles. The molecular formula is C13H20NO6S. The van der Waals surface area contributed by atoms with E-state index in [1.54, 1.807) is 14.1 Å². The maximum Gasteiger partial charge on any atom is 0.317 e. The van der Waals surface area contributed by atoms with Crippen molar-refractivity contribution in [2.45, 2.75) is 25.0 Å². The molecule has 2 atom stereocenters. The van der Waals surface area contributed by atoms with Crippen molar-refractivity contribution in [3.8, 4) is 0 Å². The normalized spacial score (nSPS) is 13.3. The highest BCUT2D eigenvalue weighted by atomic mass is 32.2. The van der Waals surface area contributed by atoms with E-state index in [1.807, 2.05) is 0 Å². The van der Waals surface area contributed by atoms with Gasteiger partial charge < -0.3 is 15.1 Å². The number of carboxylic acids is 2. The molecule has 0 aromatic carbocycles. The van der Waals surface area contributed by atoms with Gasteiger partial charge in [-0.05, 0) is 13.3 Å². The topological polar surface area (TPSA) is 112 Å². The first kappa shape index (κ1) is 19.4. The van der Waals surface area contributed by atoms with Crippen LogP contribution in [-0.2, 0) is 19.2 Å². The summed E-state index contributed by atoms with van der Waals surface area (Å²) in [5.74, 6) is -3.16. The number of thioether (sulfide) groups is 1. The highest BCUT2D eigenvalue weighted by molar-refractivity contribution is 8.00. The predicted octanol–water partition coefficient (Wildman–Crippen LogP) is 0.535. The predicted molar refractivity (Wildman–Crippen MR) is 77.9 cm³/mol. The van der Waals surface area contributed by atoms with Crippen molar-refractivity contribution in [1.29, 1.82) is 0 Å². The van der Waals surface area contributed by atoms with E-state index in [4.69, 9.17) is 10.2 Å². The van der Waals surface area contributed by atoms with Crippen LogP contribution in [0.25, 0.3) is 0 Å². The van der Waals surface area contributed by atoms with Crippen molar-refractivity contribution in [1.82, 2.24) is 4.90 Å². The molecule has 119 valence electrons. The molecule has 2 unspecified atom stereocenters. The van der Waals surface area contributed by atoms with E-state index in [9.17, 15) is 19.2 Å². The van der Waals surface area contributed by atoms with Crippen LogP contribution in [0.5, 0.6) is 0 Å². The number of ketones is 1. The third-order valence-corrected chi connectivity index (χ3v) is 4.09. The summed E-state index contributed by atoms with van der Waals surface area (Å²) < 4.78 is 0. The van der Waals surface area contributed by atoms with Gasteiger partial charge in [0.05, 0.1) is 12.8 Å². The van der Waals surface area contributed by atoms with E-state index < -0.39 is 29.5 Å². The van der Waals surface area contributed by atoms with E-state index >= 15 is 0 Å². The Morgan fingerprint density at radius 3 is 2.14 bits per heavy atom. The van der Waals surface area contributed by atoms with Gasteiger partial charge in [-0.1, -0.05) is 0 Å². The molecule has 0 aliphatic carbocycles. The second-order valence-corrected chi connectivity index (χ2v) is 5.97. The molecule has 0 aliphatic heterocycles. The molecular weight excluding hydrogens is 298 g/mol. The van der Waals surface area contributed by atoms with Crippen molar-refractivity contribution in [3.63, 3.8) is 0 Å². The highest BCUT2D eigenvalue weighted by Crippen LogP contribution is 2.22. The first-order chi connectivity index (χ1) is 9.65. The lowest BCUT2D eigenvalue weighted by molar-refractivity contribution is -0.142. The summed E-state index contributed by atoms with van der Waals surface area (Å²) >= 11 is 0.908. The maximum absolute atomic E-state index is 11.5.